The Kier molecular flexibility index (Phi) is 9.72. The van der Waals surface area contributed by atoms with Gasteiger partial charge in [0.1, 0.15) is 5.01 Å². The molecule has 0 bridgehead atoms. The van der Waals surface area contributed by atoms with Crippen molar-refractivity contribution in [1.29, 1.82) is 0 Å². The van der Waals surface area contributed by atoms with E-state index in [1.807, 2.05) is 37.4 Å². The first-order valence-corrected chi connectivity index (χ1v) is 9.69. The summed E-state index contributed by atoms with van der Waals surface area (Å²) >= 11 is 2.65. The summed E-state index contributed by atoms with van der Waals surface area (Å²) in [5.74, 6) is 0.542. The van der Waals surface area contributed by atoms with Gasteiger partial charge in [0, 0.05) is 16.8 Å². The van der Waals surface area contributed by atoms with Gasteiger partial charge in [-0.15, -0.1) is 47.1 Å². The highest BCUT2D eigenvalue weighted by Crippen LogP contribution is 2.29. The van der Waals surface area contributed by atoms with E-state index in [1.54, 1.807) is 11.8 Å². The zero-order valence-electron chi connectivity index (χ0n) is 14.3. The summed E-state index contributed by atoms with van der Waals surface area (Å²) in [6.45, 7) is 3.26. The molecule has 0 spiro atoms. The topological polar surface area (TPSA) is 49.3 Å². The van der Waals surface area contributed by atoms with Gasteiger partial charge in [0.15, 0.2) is 11.7 Å². The zero-order valence-corrected chi connectivity index (χ0v) is 18.2. The third-order valence-corrected chi connectivity index (χ3v) is 4.76. The summed E-state index contributed by atoms with van der Waals surface area (Å²) in [7, 11) is 0. The third kappa shape index (κ3) is 7.31. The van der Waals surface area contributed by atoms with Crippen LogP contribution in [0.3, 0.4) is 0 Å². The molecule has 26 heavy (non-hydrogen) atoms. The Morgan fingerprint density at radius 3 is 2.46 bits per heavy atom. The highest BCUT2D eigenvalue weighted by atomic mass is 127. The second kappa shape index (κ2) is 11.0. The molecule has 2 rings (SSSR count). The number of rotatable bonds is 6. The molecule has 0 fully saturated rings. The average Bonchev–Trinajstić information content (AvgIpc) is 3.07. The number of thiazole rings is 1. The third-order valence-electron chi connectivity index (χ3n) is 3.17. The van der Waals surface area contributed by atoms with Crippen LogP contribution in [-0.2, 0) is 19.3 Å². The lowest BCUT2D eigenvalue weighted by Gasteiger charge is -2.10. The van der Waals surface area contributed by atoms with Crippen LogP contribution >= 0.6 is 47.1 Å². The fourth-order valence-electron chi connectivity index (χ4n) is 1.92. The largest absolute Gasteiger partial charge is 0.434 e. The molecule has 0 radical (unpaired) electrons. The monoisotopic (exact) mass is 516 g/mol. The second-order valence-corrected chi connectivity index (χ2v) is 6.84. The highest BCUT2D eigenvalue weighted by Gasteiger charge is 2.33. The molecule has 0 aliphatic carbocycles. The number of guanidine groups is 1. The second-order valence-electron chi connectivity index (χ2n) is 5.02. The van der Waals surface area contributed by atoms with E-state index in [0.717, 1.165) is 22.3 Å². The molecule has 2 aromatic rings. The van der Waals surface area contributed by atoms with Gasteiger partial charge in [0.25, 0.3) is 0 Å². The van der Waals surface area contributed by atoms with Crippen molar-refractivity contribution >= 4 is 53.0 Å². The molecule has 0 amide bonds. The first kappa shape index (κ1) is 23.0. The number of nitrogens with zero attached hydrogens (tertiary/aromatic N) is 2. The summed E-state index contributed by atoms with van der Waals surface area (Å²) in [6, 6.07) is 8.08. The molecule has 10 heteroatoms. The molecule has 0 saturated heterocycles. The SMILES string of the molecule is CCNC(=NCc1ccc(SC)cc1)NCc1nc(C(F)(F)F)cs1.I. The molecule has 0 aliphatic heterocycles. The number of aliphatic imine (C=N–C) groups is 1. The van der Waals surface area contributed by atoms with Crippen molar-refractivity contribution in [2.45, 2.75) is 31.1 Å². The summed E-state index contributed by atoms with van der Waals surface area (Å²) in [5.41, 5.74) is 0.203. The molecular weight excluding hydrogens is 496 g/mol. The van der Waals surface area contributed by atoms with E-state index in [-0.39, 0.29) is 30.5 Å². The Balaban J connectivity index is 0.00000338. The smallest absolute Gasteiger partial charge is 0.357 e. The fraction of sp³-hybridized carbons (Fsp3) is 0.375. The minimum Gasteiger partial charge on any atom is -0.357 e. The van der Waals surface area contributed by atoms with Crippen LogP contribution in [0, 0.1) is 0 Å². The number of nitrogens with one attached hydrogen (secondary N) is 2. The number of hydrogen-bond donors (Lipinski definition) is 2. The van der Waals surface area contributed by atoms with Crippen molar-refractivity contribution < 1.29 is 13.2 Å². The van der Waals surface area contributed by atoms with E-state index < -0.39 is 11.9 Å². The Labute approximate surface area is 176 Å². The van der Waals surface area contributed by atoms with E-state index in [9.17, 15) is 13.2 Å². The van der Waals surface area contributed by atoms with Crippen molar-refractivity contribution in [2.75, 3.05) is 12.8 Å². The van der Waals surface area contributed by atoms with Crippen LogP contribution in [0.15, 0.2) is 39.5 Å². The quantitative estimate of drug-likeness (QED) is 0.252. The van der Waals surface area contributed by atoms with Gasteiger partial charge in [-0.25, -0.2) is 9.98 Å². The van der Waals surface area contributed by atoms with E-state index in [1.165, 1.54) is 4.90 Å². The van der Waals surface area contributed by atoms with Crippen molar-refractivity contribution in [3.63, 3.8) is 0 Å². The van der Waals surface area contributed by atoms with Crippen molar-refractivity contribution in [3.8, 4) is 0 Å². The van der Waals surface area contributed by atoms with E-state index >= 15 is 0 Å². The molecule has 0 saturated carbocycles. The highest BCUT2D eigenvalue weighted by molar-refractivity contribution is 14.0. The van der Waals surface area contributed by atoms with Gasteiger partial charge in [-0.3, -0.25) is 0 Å². The van der Waals surface area contributed by atoms with Gasteiger partial charge in [-0.05, 0) is 30.9 Å². The predicted molar refractivity (Wildman–Crippen MR) is 112 cm³/mol. The molecule has 4 nitrogen and oxygen atoms in total. The maximum Gasteiger partial charge on any atom is 0.434 e. The van der Waals surface area contributed by atoms with Crippen molar-refractivity contribution in [3.05, 3.63) is 45.9 Å². The lowest BCUT2D eigenvalue weighted by Crippen LogP contribution is -2.36. The van der Waals surface area contributed by atoms with Gasteiger partial charge >= 0.3 is 6.18 Å². The van der Waals surface area contributed by atoms with Crippen molar-refractivity contribution in [1.82, 2.24) is 15.6 Å². The maximum absolute atomic E-state index is 12.6. The average molecular weight is 516 g/mol. The standard InChI is InChI=1S/C16H19F3N4S2.HI/c1-3-20-15(21-8-11-4-6-12(24-2)7-5-11)22-9-14-23-13(10-25-14)16(17,18)19;/h4-7,10H,3,8-9H2,1-2H3,(H2,20,21,22);1H. The van der Waals surface area contributed by atoms with E-state index in [0.29, 0.717) is 24.1 Å². The molecule has 144 valence electrons. The molecule has 2 N–H and O–H groups in total. The maximum atomic E-state index is 12.6. The van der Waals surface area contributed by atoms with Crippen LogP contribution in [0.25, 0.3) is 0 Å². The van der Waals surface area contributed by atoms with Gasteiger partial charge in [0.05, 0.1) is 13.1 Å². The number of halogens is 4. The van der Waals surface area contributed by atoms with Crippen molar-refractivity contribution in [2.24, 2.45) is 4.99 Å². The molecule has 0 atom stereocenters. The number of alkyl halides is 3. The zero-order chi connectivity index (χ0) is 18.3. The Bertz CT molecular complexity index is 702. The van der Waals surface area contributed by atoms with Gasteiger partial charge < -0.3 is 10.6 Å². The summed E-state index contributed by atoms with van der Waals surface area (Å²) in [5, 5.41) is 7.47. The van der Waals surface area contributed by atoms with Crippen LogP contribution in [0.5, 0.6) is 0 Å². The predicted octanol–water partition coefficient (Wildman–Crippen LogP) is 4.76. The normalized spacial score (nSPS) is 11.8. The first-order chi connectivity index (χ1) is 11.9. The van der Waals surface area contributed by atoms with E-state index in [2.05, 4.69) is 20.6 Å². The van der Waals surface area contributed by atoms with Crippen LogP contribution in [0.4, 0.5) is 13.2 Å². The minimum atomic E-state index is -4.41. The lowest BCUT2D eigenvalue weighted by atomic mass is 10.2. The van der Waals surface area contributed by atoms with Gasteiger partial charge in [-0.1, -0.05) is 12.1 Å². The van der Waals surface area contributed by atoms with Crippen LogP contribution < -0.4 is 10.6 Å². The van der Waals surface area contributed by atoms with Crippen LogP contribution in [0.2, 0.25) is 0 Å². The fourth-order valence-corrected chi connectivity index (χ4v) is 3.07. The minimum absolute atomic E-state index is 0. The number of thioether (sulfide) groups is 1. The number of aromatic nitrogens is 1. The van der Waals surface area contributed by atoms with Gasteiger partial charge in [-0.2, -0.15) is 13.2 Å². The Hall–Kier alpha value is -1.01. The molecule has 1 aromatic heterocycles. The molecule has 1 aromatic carbocycles. The summed E-state index contributed by atoms with van der Waals surface area (Å²) in [6.07, 6.45) is -2.39. The molecule has 0 unspecified atom stereocenters. The molecule has 0 aliphatic rings. The summed E-state index contributed by atoms with van der Waals surface area (Å²) < 4.78 is 37.7. The summed E-state index contributed by atoms with van der Waals surface area (Å²) in [4.78, 5) is 9.23. The number of benzene rings is 1. The van der Waals surface area contributed by atoms with E-state index in [4.69, 9.17) is 0 Å². The number of hydrogen-bond acceptors (Lipinski definition) is 4. The Morgan fingerprint density at radius 1 is 1.23 bits per heavy atom. The lowest BCUT2D eigenvalue weighted by molar-refractivity contribution is -0.140. The Morgan fingerprint density at radius 2 is 1.92 bits per heavy atom. The van der Waals surface area contributed by atoms with Crippen LogP contribution in [-0.4, -0.2) is 23.7 Å². The molecular formula is C16H20F3IN4S2. The first-order valence-electron chi connectivity index (χ1n) is 7.59. The van der Waals surface area contributed by atoms with Crippen LogP contribution in [0.1, 0.15) is 23.2 Å². The van der Waals surface area contributed by atoms with Gasteiger partial charge in [0.2, 0.25) is 0 Å². The molecule has 1 heterocycles.